The second kappa shape index (κ2) is 7.84. The summed E-state index contributed by atoms with van der Waals surface area (Å²) in [5.74, 6) is 0.0762. The zero-order chi connectivity index (χ0) is 15.8. The Hall–Kier alpha value is -2.01. The molecule has 22 heavy (non-hydrogen) atoms. The molecule has 2 aromatic rings. The summed E-state index contributed by atoms with van der Waals surface area (Å²) in [6.07, 6.45) is 1.56. The van der Waals surface area contributed by atoms with Crippen molar-refractivity contribution in [1.29, 1.82) is 0 Å². The first kappa shape index (κ1) is 16.4. The highest BCUT2D eigenvalue weighted by molar-refractivity contribution is 7.92. The van der Waals surface area contributed by atoms with Gasteiger partial charge in [0.05, 0.1) is 5.75 Å². The fourth-order valence-electron chi connectivity index (χ4n) is 2.05. The van der Waals surface area contributed by atoms with Crippen molar-refractivity contribution < 1.29 is 8.42 Å². The minimum Gasteiger partial charge on any atom is -0.385 e. The van der Waals surface area contributed by atoms with Gasteiger partial charge >= 0.3 is 0 Å². The van der Waals surface area contributed by atoms with Crippen molar-refractivity contribution in [1.82, 2.24) is 0 Å². The van der Waals surface area contributed by atoms with Crippen LogP contribution in [0.15, 0.2) is 54.6 Å². The van der Waals surface area contributed by atoms with Crippen LogP contribution >= 0.6 is 0 Å². The Morgan fingerprint density at radius 1 is 0.909 bits per heavy atom. The summed E-state index contributed by atoms with van der Waals surface area (Å²) in [4.78, 5) is 0. The lowest BCUT2D eigenvalue weighted by atomic mass is 10.2. The van der Waals surface area contributed by atoms with E-state index in [1.54, 1.807) is 12.1 Å². The molecule has 0 spiro atoms. The molecule has 0 heterocycles. The van der Waals surface area contributed by atoms with Gasteiger partial charge in [0.2, 0.25) is 10.0 Å². The van der Waals surface area contributed by atoms with E-state index in [0.717, 1.165) is 24.2 Å². The zero-order valence-electron chi connectivity index (χ0n) is 12.7. The van der Waals surface area contributed by atoms with E-state index in [2.05, 4.69) is 17.0 Å². The van der Waals surface area contributed by atoms with Crippen LogP contribution in [0, 0.1) is 0 Å². The summed E-state index contributed by atoms with van der Waals surface area (Å²) in [5.41, 5.74) is 2.61. The van der Waals surface area contributed by atoms with Crippen LogP contribution in [-0.4, -0.2) is 20.7 Å². The van der Waals surface area contributed by atoms with Crippen molar-refractivity contribution in [3.63, 3.8) is 0 Å². The molecule has 0 amide bonds. The van der Waals surface area contributed by atoms with Crippen LogP contribution < -0.4 is 10.0 Å². The summed E-state index contributed by atoms with van der Waals surface area (Å²) in [5, 5.41) is 3.25. The average Bonchev–Trinajstić information content (AvgIpc) is 2.53. The number of hydrogen-bond acceptors (Lipinski definition) is 3. The number of benzene rings is 2. The first-order chi connectivity index (χ1) is 10.6. The second-order valence-corrected chi connectivity index (χ2v) is 7.00. The molecule has 0 aliphatic carbocycles. The predicted octanol–water partition coefficient (Wildman–Crippen LogP) is 3.49. The molecule has 2 N–H and O–H groups in total. The first-order valence-electron chi connectivity index (χ1n) is 7.47. The van der Waals surface area contributed by atoms with Crippen LogP contribution in [0.4, 0.5) is 11.4 Å². The quantitative estimate of drug-likeness (QED) is 0.783. The summed E-state index contributed by atoms with van der Waals surface area (Å²) in [6.45, 7) is 3.00. The smallest absolute Gasteiger partial charge is 0.233 e. The van der Waals surface area contributed by atoms with Gasteiger partial charge in [-0.15, -0.1) is 0 Å². The van der Waals surface area contributed by atoms with Crippen LogP contribution in [0.5, 0.6) is 0 Å². The molecule has 0 saturated heterocycles. The number of nitrogens with one attached hydrogen (secondary N) is 2. The summed E-state index contributed by atoms with van der Waals surface area (Å²) in [7, 11) is -3.33. The molecule has 0 atom stereocenters. The molecule has 5 heteroatoms. The van der Waals surface area contributed by atoms with Gasteiger partial charge < -0.3 is 5.32 Å². The number of anilines is 2. The van der Waals surface area contributed by atoms with E-state index in [1.807, 2.05) is 42.5 Å². The van der Waals surface area contributed by atoms with E-state index in [1.165, 1.54) is 0 Å². The Balaban J connectivity index is 1.91. The normalized spacial score (nSPS) is 11.1. The van der Waals surface area contributed by atoms with Gasteiger partial charge in [0.1, 0.15) is 0 Å². The SMILES string of the molecule is CCCNc1ccc(NS(=O)(=O)CCc2ccccc2)cc1. The lowest BCUT2D eigenvalue weighted by molar-refractivity contribution is 0.600. The Labute approximate surface area is 132 Å². The largest absolute Gasteiger partial charge is 0.385 e. The van der Waals surface area contributed by atoms with E-state index in [0.29, 0.717) is 12.1 Å². The highest BCUT2D eigenvalue weighted by atomic mass is 32.2. The zero-order valence-corrected chi connectivity index (χ0v) is 13.6. The molecular formula is C17H22N2O2S. The fourth-order valence-corrected chi connectivity index (χ4v) is 3.15. The van der Waals surface area contributed by atoms with Gasteiger partial charge in [-0.1, -0.05) is 37.3 Å². The highest BCUT2D eigenvalue weighted by Crippen LogP contribution is 2.15. The van der Waals surface area contributed by atoms with E-state index in [4.69, 9.17) is 0 Å². The minimum atomic E-state index is -3.33. The van der Waals surface area contributed by atoms with E-state index in [9.17, 15) is 8.42 Å². The third-order valence-electron chi connectivity index (χ3n) is 3.24. The van der Waals surface area contributed by atoms with Gasteiger partial charge in [-0.05, 0) is 42.7 Å². The van der Waals surface area contributed by atoms with Crippen LogP contribution in [0.1, 0.15) is 18.9 Å². The maximum Gasteiger partial charge on any atom is 0.233 e. The van der Waals surface area contributed by atoms with Crippen LogP contribution in [0.2, 0.25) is 0 Å². The van der Waals surface area contributed by atoms with Crippen molar-refractivity contribution in [3.8, 4) is 0 Å². The summed E-state index contributed by atoms with van der Waals surface area (Å²) in [6, 6.07) is 16.9. The fraction of sp³-hybridized carbons (Fsp3) is 0.294. The van der Waals surface area contributed by atoms with Gasteiger partial charge in [-0.3, -0.25) is 4.72 Å². The molecule has 0 unspecified atom stereocenters. The standard InChI is InChI=1S/C17H22N2O2S/c1-2-13-18-16-8-10-17(11-9-16)19-22(20,21)14-12-15-6-4-3-5-7-15/h3-11,18-19H,2,12-14H2,1H3. The first-order valence-corrected chi connectivity index (χ1v) is 9.12. The number of aryl methyl sites for hydroxylation is 1. The van der Waals surface area contributed by atoms with Crippen molar-refractivity contribution >= 4 is 21.4 Å². The molecule has 0 aliphatic heterocycles. The van der Waals surface area contributed by atoms with E-state index < -0.39 is 10.0 Å². The van der Waals surface area contributed by atoms with Crippen molar-refractivity contribution in [2.75, 3.05) is 22.3 Å². The van der Waals surface area contributed by atoms with Crippen molar-refractivity contribution in [2.45, 2.75) is 19.8 Å². The Bertz CT molecular complexity index is 668. The number of sulfonamides is 1. The molecule has 0 radical (unpaired) electrons. The Morgan fingerprint density at radius 3 is 2.18 bits per heavy atom. The summed E-state index contributed by atoms with van der Waals surface area (Å²) >= 11 is 0. The molecule has 2 aromatic carbocycles. The number of hydrogen-bond donors (Lipinski definition) is 2. The topological polar surface area (TPSA) is 58.2 Å². The molecular weight excluding hydrogens is 296 g/mol. The second-order valence-electron chi connectivity index (χ2n) is 5.16. The van der Waals surface area contributed by atoms with Gasteiger partial charge in [0, 0.05) is 17.9 Å². The molecule has 0 saturated carbocycles. The number of rotatable bonds is 8. The van der Waals surface area contributed by atoms with E-state index >= 15 is 0 Å². The van der Waals surface area contributed by atoms with Crippen molar-refractivity contribution in [2.24, 2.45) is 0 Å². The van der Waals surface area contributed by atoms with Gasteiger partial charge in [0.15, 0.2) is 0 Å². The molecule has 118 valence electrons. The maximum absolute atomic E-state index is 12.1. The average molecular weight is 318 g/mol. The van der Waals surface area contributed by atoms with Crippen LogP contribution in [-0.2, 0) is 16.4 Å². The van der Waals surface area contributed by atoms with E-state index in [-0.39, 0.29) is 5.75 Å². The molecule has 2 rings (SSSR count). The molecule has 0 aliphatic rings. The molecule has 0 bridgehead atoms. The molecule has 4 nitrogen and oxygen atoms in total. The minimum absolute atomic E-state index is 0.0762. The third-order valence-corrected chi connectivity index (χ3v) is 4.53. The van der Waals surface area contributed by atoms with Crippen LogP contribution in [0.3, 0.4) is 0 Å². The summed E-state index contributed by atoms with van der Waals surface area (Å²) < 4.78 is 26.8. The van der Waals surface area contributed by atoms with Gasteiger partial charge in [-0.2, -0.15) is 0 Å². The lowest BCUT2D eigenvalue weighted by Crippen LogP contribution is -2.18. The van der Waals surface area contributed by atoms with Crippen LogP contribution in [0.25, 0.3) is 0 Å². The monoisotopic (exact) mass is 318 g/mol. The van der Waals surface area contributed by atoms with Gasteiger partial charge in [0.25, 0.3) is 0 Å². The molecule has 0 fully saturated rings. The Kier molecular flexibility index (Phi) is 5.83. The maximum atomic E-state index is 12.1. The van der Waals surface area contributed by atoms with Crippen molar-refractivity contribution in [3.05, 3.63) is 60.2 Å². The third kappa shape index (κ3) is 5.41. The van der Waals surface area contributed by atoms with Gasteiger partial charge in [-0.25, -0.2) is 8.42 Å². The lowest BCUT2D eigenvalue weighted by Gasteiger charge is -2.09. The Morgan fingerprint density at radius 2 is 1.55 bits per heavy atom. The highest BCUT2D eigenvalue weighted by Gasteiger charge is 2.10. The molecule has 0 aromatic heterocycles. The predicted molar refractivity (Wildman–Crippen MR) is 92.8 cm³/mol.